The van der Waals surface area contributed by atoms with Gasteiger partial charge in [0.05, 0.1) is 4.91 Å². The molecule has 1 aliphatic rings. The van der Waals surface area contributed by atoms with Crippen molar-refractivity contribution in [2.24, 2.45) is 0 Å². The Morgan fingerprint density at radius 1 is 1.07 bits per heavy atom. The van der Waals surface area contributed by atoms with Crippen LogP contribution in [0.4, 0.5) is 0 Å². The third-order valence-electron chi connectivity index (χ3n) is 4.00. The summed E-state index contributed by atoms with van der Waals surface area (Å²) in [4.78, 5) is 14.3. The first-order chi connectivity index (χ1) is 12.9. The Morgan fingerprint density at radius 3 is 2.41 bits per heavy atom. The zero-order valence-electron chi connectivity index (χ0n) is 15.5. The van der Waals surface area contributed by atoms with Crippen LogP contribution >= 0.6 is 24.0 Å². The molecule has 0 aliphatic carbocycles. The minimum Gasteiger partial charge on any atom is -0.490 e. The van der Waals surface area contributed by atoms with E-state index in [1.54, 1.807) is 7.05 Å². The van der Waals surface area contributed by atoms with Crippen molar-refractivity contribution in [3.8, 4) is 11.5 Å². The van der Waals surface area contributed by atoms with Gasteiger partial charge < -0.3 is 9.47 Å². The predicted octanol–water partition coefficient (Wildman–Crippen LogP) is 4.59. The van der Waals surface area contributed by atoms with Crippen molar-refractivity contribution in [3.63, 3.8) is 0 Å². The van der Waals surface area contributed by atoms with Gasteiger partial charge in [0.25, 0.3) is 5.91 Å². The second-order valence-electron chi connectivity index (χ2n) is 6.30. The van der Waals surface area contributed by atoms with Gasteiger partial charge in [0.15, 0.2) is 0 Å². The van der Waals surface area contributed by atoms with Crippen molar-refractivity contribution in [1.82, 2.24) is 4.90 Å². The molecule has 1 aliphatic heterocycles. The van der Waals surface area contributed by atoms with Gasteiger partial charge in [0, 0.05) is 12.6 Å². The summed E-state index contributed by atoms with van der Waals surface area (Å²) < 4.78 is 12.2. The highest BCUT2D eigenvalue weighted by Crippen LogP contribution is 2.33. The van der Waals surface area contributed by atoms with Crippen LogP contribution < -0.4 is 9.47 Å². The molecule has 2 aromatic rings. The number of carbonyl (C=O) groups is 1. The van der Waals surface area contributed by atoms with E-state index in [0.29, 0.717) is 28.2 Å². The molecule has 0 bridgehead atoms. The normalized spacial score (nSPS) is 15.5. The van der Waals surface area contributed by atoms with E-state index in [4.69, 9.17) is 21.7 Å². The zero-order valence-corrected chi connectivity index (χ0v) is 17.2. The summed E-state index contributed by atoms with van der Waals surface area (Å²) in [5.74, 6) is 1.47. The fourth-order valence-corrected chi connectivity index (χ4v) is 3.92. The number of thioether (sulfide) groups is 1. The number of benzene rings is 2. The SMILES string of the molecule is Cc1cc(C)cc(OCCOc2ccccc2C=C2SC(=S)N(C)C2=O)c1. The lowest BCUT2D eigenvalue weighted by Crippen LogP contribution is -2.22. The second kappa shape index (κ2) is 8.59. The van der Waals surface area contributed by atoms with Gasteiger partial charge in [-0.1, -0.05) is 48.2 Å². The van der Waals surface area contributed by atoms with Crippen LogP contribution in [0.2, 0.25) is 0 Å². The highest BCUT2D eigenvalue weighted by atomic mass is 32.2. The largest absolute Gasteiger partial charge is 0.490 e. The Balaban J connectivity index is 1.63. The lowest BCUT2D eigenvalue weighted by molar-refractivity contribution is -0.121. The van der Waals surface area contributed by atoms with Crippen LogP contribution in [0.3, 0.4) is 0 Å². The first-order valence-corrected chi connectivity index (χ1v) is 9.81. The van der Waals surface area contributed by atoms with Gasteiger partial charge in [-0.25, -0.2) is 0 Å². The van der Waals surface area contributed by atoms with Crippen molar-refractivity contribution in [2.75, 3.05) is 20.3 Å². The van der Waals surface area contributed by atoms with Crippen LogP contribution in [0.25, 0.3) is 6.08 Å². The van der Waals surface area contributed by atoms with Crippen LogP contribution in [-0.2, 0) is 4.79 Å². The molecule has 1 saturated heterocycles. The molecule has 0 saturated carbocycles. The third kappa shape index (κ3) is 4.90. The molecular weight excluding hydrogens is 378 g/mol. The van der Waals surface area contributed by atoms with Gasteiger partial charge in [-0.2, -0.15) is 0 Å². The smallest absolute Gasteiger partial charge is 0.265 e. The molecule has 0 spiro atoms. The van der Waals surface area contributed by atoms with Gasteiger partial charge in [0.1, 0.15) is 29.0 Å². The molecule has 0 aromatic heterocycles. The number of ether oxygens (including phenoxy) is 2. The van der Waals surface area contributed by atoms with Gasteiger partial charge in [-0.15, -0.1) is 0 Å². The summed E-state index contributed by atoms with van der Waals surface area (Å²) in [6, 6.07) is 13.7. The maximum atomic E-state index is 12.2. The predicted molar refractivity (Wildman–Crippen MR) is 114 cm³/mol. The Labute approximate surface area is 169 Å². The Hall–Kier alpha value is -2.31. The zero-order chi connectivity index (χ0) is 19.4. The fraction of sp³-hybridized carbons (Fsp3) is 0.238. The van der Waals surface area contributed by atoms with Gasteiger partial charge in [0.2, 0.25) is 0 Å². The molecule has 0 atom stereocenters. The Kier molecular flexibility index (Phi) is 6.19. The summed E-state index contributed by atoms with van der Waals surface area (Å²) in [6.45, 7) is 4.94. The minimum absolute atomic E-state index is 0.0852. The van der Waals surface area contributed by atoms with Gasteiger partial charge in [-0.3, -0.25) is 9.69 Å². The number of thiocarbonyl (C=S) groups is 1. The van der Waals surface area contributed by atoms with Crippen LogP contribution in [0, 0.1) is 13.8 Å². The maximum absolute atomic E-state index is 12.2. The standard InChI is InChI=1S/C21H21NO3S2/c1-14-10-15(2)12-17(11-14)24-8-9-25-18-7-5-4-6-16(18)13-19-20(23)22(3)21(26)27-19/h4-7,10-13H,8-9H2,1-3H3. The molecular formula is C21H21NO3S2. The summed E-state index contributed by atoms with van der Waals surface area (Å²) in [7, 11) is 1.69. The van der Waals surface area contributed by atoms with Gasteiger partial charge in [-0.05, 0) is 49.2 Å². The summed E-state index contributed by atoms with van der Waals surface area (Å²) in [5, 5.41) is 0. The fourth-order valence-electron chi connectivity index (χ4n) is 2.75. The molecule has 27 heavy (non-hydrogen) atoms. The average molecular weight is 400 g/mol. The van der Waals surface area contributed by atoms with E-state index < -0.39 is 0 Å². The molecule has 6 heteroatoms. The van der Waals surface area contributed by atoms with E-state index in [1.165, 1.54) is 27.8 Å². The first kappa shape index (κ1) is 19.5. The van der Waals surface area contributed by atoms with E-state index in [-0.39, 0.29) is 5.91 Å². The molecule has 140 valence electrons. The van der Waals surface area contributed by atoms with E-state index in [1.807, 2.05) is 56.3 Å². The van der Waals surface area contributed by atoms with Crippen LogP contribution in [0.5, 0.6) is 11.5 Å². The van der Waals surface area contributed by atoms with Crippen LogP contribution in [-0.4, -0.2) is 35.4 Å². The number of nitrogens with zero attached hydrogens (tertiary/aromatic N) is 1. The number of rotatable bonds is 6. The number of para-hydroxylation sites is 1. The Bertz CT molecular complexity index is 888. The number of carbonyl (C=O) groups excluding carboxylic acids is 1. The molecule has 0 radical (unpaired) electrons. The lowest BCUT2D eigenvalue weighted by atomic mass is 10.1. The van der Waals surface area contributed by atoms with Crippen molar-refractivity contribution < 1.29 is 14.3 Å². The highest BCUT2D eigenvalue weighted by molar-refractivity contribution is 8.26. The molecule has 1 heterocycles. The quantitative estimate of drug-likeness (QED) is 0.403. The van der Waals surface area contributed by atoms with Crippen molar-refractivity contribution in [2.45, 2.75) is 13.8 Å². The second-order valence-corrected chi connectivity index (χ2v) is 7.97. The average Bonchev–Trinajstić information content (AvgIpc) is 2.86. The van der Waals surface area contributed by atoms with E-state index >= 15 is 0 Å². The van der Waals surface area contributed by atoms with E-state index in [9.17, 15) is 4.79 Å². The molecule has 0 N–H and O–H groups in total. The van der Waals surface area contributed by atoms with Gasteiger partial charge >= 0.3 is 0 Å². The molecule has 3 rings (SSSR count). The summed E-state index contributed by atoms with van der Waals surface area (Å²) >= 11 is 6.48. The van der Waals surface area contributed by atoms with Crippen molar-refractivity contribution in [1.29, 1.82) is 0 Å². The number of amides is 1. The Morgan fingerprint density at radius 2 is 1.74 bits per heavy atom. The minimum atomic E-state index is -0.0852. The molecule has 1 fully saturated rings. The maximum Gasteiger partial charge on any atom is 0.265 e. The summed E-state index contributed by atoms with van der Waals surface area (Å²) in [6.07, 6.45) is 1.82. The molecule has 0 unspecified atom stereocenters. The topological polar surface area (TPSA) is 38.8 Å². The monoisotopic (exact) mass is 399 g/mol. The molecule has 1 amide bonds. The van der Waals surface area contributed by atoms with Crippen molar-refractivity contribution >= 4 is 40.3 Å². The number of hydrogen-bond acceptors (Lipinski definition) is 5. The van der Waals surface area contributed by atoms with E-state index in [2.05, 4.69) is 6.07 Å². The van der Waals surface area contributed by atoms with Crippen molar-refractivity contribution in [3.05, 3.63) is 64.1 Å². The van der Waals surface area contributed by atoms with E-state index in [0.717, 1.165) is 11.3 Å². The number of aryl methyl sites for hydroxylation is 2. The molecule has 2 aromatic carbocycles. The molecule has 4 nitrogen and oxygen atoms in total. The first-order valence-electron chi connectivity index (χ1n) is 8.58. The number of likely N-dealkylation sites (N-methyl/N-ethyl adjacent to an activating group) is 1. The van der Waals surface area contributed by atoms with Crippen LogP contribution in [0.15, 0.2) is 47.4 Å². The van der Waals surface area contributed by atoms with Crippen LogP contribution in [0.1, 0.15) is 16.7 Å². The lowest BCUT2D eigenvalue weighted by Gasteiger charge is -2.11. The highest BCUT2D eigenvalue weighted by Gasteiger charge is 2.28. The summed E-state index contributed by atoms with van der Waals surface area (Å²) in [5.41, 5.74) is 3.19. The third-order valence-corrected chi connectivity index (χ3v) is 5.48. The number of hydrogen-bond donors (Lipinski definition) is 0.